The number of H-pyrrole nitrogens is 1. The third-order valence-corrected chi connectivity index (χ3v) is 2.74. The first-order valence-electron chi connectivity index (χ1n) is 5.20. The normalized spacial score (nSPS) is 24.9. The van der Waals surface area contributed by atoms with E-state index in [2.05, 4.69) is 4.98 Å². The molecule has 2 N–H and O–H groups in total. The molecule has 2 atom stereocenters. The molecule has 88 valence electrons. The van der Waals surface area contributed by atoms with Gasteiger partial charge < -0.3 is 9.84 Å². The number of aromatic amines is 1. The zero-order chi connectivity index (χ0) is 11.7. The molecule has 0 amide bonds. The molecule has 16 heavy (non-hydrogen) atoms. The maximum atomic E-state index is 11.5. The van der Waals surface area contributed by atoms with E-state index >= 15 is 0 Å². The molecule has 1 unspecified atom stereocenters. The molecule has 2 rings (SSSR count). The zero-order valence-corrected chi connectivity index (χ0v) is 8.97. The highest BCUT2D eigenvalue weighted by Gasteiger charge is 2.26. The Morgan fingerprint density at radius 2 is 2.31 bits per heavy atom. The van der Waals surface area contributed by atoms with Gasteiger partial charge in [0, 0.05) is 11.8 Å². The predicted octanol–water partition coefficient (Wildman–Crippen LogP) is -0.485. The summed E-state index contributed by atoms with van der Waals surface area (Å²) in [5.74, 6) is 0. The van der Waals surface area contributed by atoms with Gasteiger partial charge in [-0.25, -0.2) is 4.79 Å². The van der Waals surface area contributed by atoms with Crippen LogP contribution in [0.25, 0.3) is 0 Å². The number of nitrogens with one attached hydrogen (secondary N) is 1. The first-order chi connectivity index (χ1) is 7.61. The van der Waals surface area contributed by atoms with Crippen molar-refractivity contribution in [2.45, 2.75) is 32.1 Å². The standard InChI is InChI=1S/C10H14N2O4/c1-6-4-12(10(15)11-9(6)14)8-3-2-7(5-13)16-8/h4,7-8,13H,2-3,5H2,1H3,(H,11,14,15)/t7?,8-/m1/s1. The predicted molar refractivity (Wildman–Crippen MR) is 56.3 cm³/mol. The smallest absolute Gasteiger partial charge is 0.330 e. The number of aromatic nitrogens is 2. The second-order valence-corrected chi connectivity index (χ2v) is 3.95. The summed E-state index contributed by atoms with van der Waals surface area (Å²) in [6.07, 6.45) is 2.26. The van der Waals surface area contributed by atoms with Crippen LogP contribution in [-0.2, 0) is 4.74 Å². The lowest BCUT2D eigenvalue weighted by Crippen LogP contribution is -2.33. The van der Waals surface area contributed by atoms with Crippen molar-refractivity contribution in [3.63, 3.8) is 0 Å². The van der Waals surface area contributed by atoms with Gasteiger partial charge in [0.1, 0.15) is 6.23 Å². The molecule has 0 aromatic carbocycles. The average molecular weight is 226 g/mol. The number of nitrogens with zero attached hydrogens (tertiary/aromatic N) is 1. The van der Waals surface area contributed by atoms with Crippen molar-refractivity contribution in [1.82, 2.24) is 9.55 Å². The topological polar surface area (TPSA) is 84.3 Å². The Morgan fingerprint density at radius 1 is 1.56 bits per heavy atom. The number of aryl methyl sites for hydroxylation is 1. The van der Waals surface area contributed by atoms with Crippen molar-refractivity contribution in [3.05, 3.63) is 32.6 Å². The van der Waals surface area contributed by atoms with E-state index in [9.17, 15) is 9.59 Å². The summed E-state index contributed by atoms with van der Waals surface area (Å²) in [6, 6.07) is 0. The molecule has 6 heteroatoms. The molecule has 2 heterocycles. The number of ether oxygens (including phenoxy) is 1. The summed E-state index contributed by atoms with van der Waals surface area (Å²) in [4.78, 5) is 24.9. The van der Waals surface area contributed by atoms with Gasteiger partial charge in [0.15, 0.2) is 0 Å². The van der Waals surface area contributed by atoms with Crippen LogP contribution < -0.4 is 11.2 Å². The van der Waals surface area contributed by atoms with Gasteiger partial charge in [-0.2, -0.15) is 0 Å². The molecular weight excluding hydrogens is 212 g/mol. The van der Waals surface area contributed by atoms with E-state index in [4.69, 9.17) is 9.84 Å². The molecule has 1 aromatic heterocycles. The maximum Gasteiger partial charge on any atom is 0.330 e. The van der Waals surface area contributed by atoms with Gasteiger partial charge in [-0.15, -0.1) is 0 Å². The lowest BCUT2D eigenvalue weighted by molar-refractivity contribution is -0.0247. The van der Waals surface area contributed by atoms with E-state index < -0.39 is 5.69 Å². The second-order valence-electron chi connectivity index (χ2n) is 3.95. The van der Waals surface area contributed by atoms with E-state index in [1.165, 1.54) is 10.8 Å². The Hall–Kier alpha value is -1.40. The van der Waals surface area contributed by atoms with Crippen molar-refractivity contribution in [3.8, 4) is 0 Å². The zero-order valence-electron chi connectivity index (χ0n) is 8.97. The molecular formula is C10H14N2O4. The fourth-order valence-corrected chi connectivity index (χ4v) is 1.83. The summed E-state index contributed by atoms with van der Waals surface area (Å²) >= 11 is 0. The number of aliphatic hydroxyl groups excluding tert-OH is 1. The first kappa shape index (κ1) is 11.1. The van der Waals surface area contributed by atoms with Crippen LogP contribution in [0.5, 0.6) is 0 Å². The maximum absolute atomic E-state index is 11.5. The third kappa shape index (κ3) is 1.94. The van der Waals surface area contributed by atoms with Crippen molar-refractivity contribution in [2.75, 3.05) is 6.61 Å². The lowest BCUT2D eigenvalue weighted by Gasteiger charge is -2.14. The number of hydrogen-bond donors (Lipinski definition) is 2. The fraction of sp³-hybridized carbons (Fsp3) is 0.600. The SMILES string of the molecule is Cc1cn([C@H]2CCC(CO)O2)c(=O)[nH]c1=O. The average Bonchev–Trinajstić information content (AvgIpc) is 2.71. The summed E-state index contributed by atoms with van der Waals surface area (Å²) in [6.45, 7) is 1.58. The van der Waals surface area contributed by atoms with Gasteiger partial charge in [-0.1, -0.05) is 0 Å². The van der Waals surface area contributed by atoms with Crippen LogP contribution in [-0.4, -0.2) is 27.4 Å². The minimum absolute atomic E-state index is 0.0480. The Morgan fingerprint density at radius 3 is 2.94 bits per heavy atom. The molecule has 6 nitrogen and oxygen atoms in total. The lowest BCUT2D eigenvalue weighted by atomic mass is 10.2. The highest BCUT2D eigenvalue weighted by atomic mass is 16.5. The molecule has 1 saturated heterocycles. The molecule has 0 spiro atoms. The molecule has 0 saturated carbocycles. The molecule has 0 radical (unpaired) electrons. The van der Waals surface area contributed by atoms with E-state index in [0.717, 1.165) is 0 Å². The fourth-order valence-electron chi connectivity index (χ4n) is 1.83. The molecule has 1 fully saturated rings. The van der Waals surface area contributed by atoms with E-state index in [1.54, 1.807) is 6.92 Å². The van der Waals surface area contributed by atoms with Crippen LogP contribution in [0.1, 0.15) is 24.6 Å². The number of rotatable bonds is 2. The number of aliphatic hydroxyl groups is 1. The van der Waals surface area contributed by atoms with Crippen LogP contribution in [0.3, 0.4) is 0 Å². The summed E-state index contributed by atoms with van der Waals surface area (Å²) in [5, 5.41) is 8.93. The Bertz CT molecular complexity index is 490. The highest BCUT2D eigenvalue weighted by molar-refractivity contribution is 5.01. The minimum atomic E-state index is -0.473. The molecule has 0 bridgehead atoms. The van der Waals surface area contributed by atoms with Crippen LogP contribution in [0.4, 0.5) is 0 Å². The van der Waals surface area contributed by atoms with Crippen molar-refractivity contribution in [1.29, 1.82) is 0 Å². The third-order valence-electron chi connectivity index (χ3n) is 2.74. The highest BCUT2D eigenvalue weighted by Crippen LogP contribution is 2.26. The molecule has 1 aromatic rings. The van der Waals surface area contributed by atoms with Crippen LogP contribution in [0.15, 0.2) is 15.8 Å². The van der Waals surface area contributed by atoms with Crippen LogP contribution >= 0.6 is 0 Å². The Kier molecular flexibility index (Phi) is 2.93. The Balaban J connectivity index is 2.32. The monoisotopic (exact) mass is 226 g/mol. The Labute approximate surface area is 91.5 Å². The van der Waals surface area contributed by atoms with Crippen molar-refractivity contribution in [2.24, 2.45) is 0 Å². The van der Waals surface area contributed by atoms with Crippen LogP contribution in [0.2, 0.25) is 0 Å². The van der Waals surface area contributed by atoms with Gasteiger partial charge in [0.2, 0.25) is 0 Å². The summed E-state index contributed by atoms with van der Waals surface area (Å²) < 4.78 is 6.83. The van der Waals surface area contributed by atoms with E-state index in [1.807, 2.05) is 0 Å². The van der Waals surface area contributed by atoms with E-state index in [0.29, 0.717) is 18.4 Å². The van der Waals surface area contributed by atoms with Crippen molar-refractivity contribution >= 4 is 0 Å². The number of hydrogen-bond acceptors (Lipinski definition) is 4. The van der Waals surface area contributed by atoms with Gasteiger partial charge in [-0.05, 0) is 19.8 Å². The molecule has 0 aliphatic carbocycles. The first-order valence-corrected chi connectivity index (χ1v) is 5.20. The quantitative estimate of drug-likeness (QED) is 0.713. The minimum Gasteiger partial charge on any atom is -0.394 e. The van der Waals surface area contributed by atoms with Crippen molar-refractivity contribution < 1.29 is 9.84 Å². The van der Waals surface area contributed by atoms with Gasteiger partial charge in [0.05, 0.1) is 12.7 Å². The molecule has 1 aliphatic rings. The second kappa shape index (κ2) is 4.23. The van der Waals surface area contributed by atoms with Crippen LogP contribution in [0, 0.1) is 6.92 Å². The largest absolute Gasteiger partial charge is 0.394 e. The van der Waals surface area contributed by atoms with Gasteiger partial charge in [0.25, 0.3) is 5.56 Å². The summed E-state index contributed by atoms with van der Waals surface area (Å²) in [7, 11) is 0. The van der Waals surface area contributed by atoms with Gasteiger partial charge >= 0.3 is 5.69 Å². The van der Waals surface area contributed by atoms with Gasteiger partial charge in [-0.3, -0.25) is 14.3 Å². The summed E-state index contributed by atoms with van der Waals surface area (Å²) in [5.41, 5.74) is -0.382. The molecule has 1 aliphatic heterocycles. The van der Waals surface area contributed by atoms with E-state index in [-0.39, 0.29) is 24.5 Å².